The number of nitrogens with one attached hydrogen (secondary N) is 1. The summed E-state index contributed by atoms with van der Waals surface area (Å²) >= 11 is 9.64. The van der Waals surface area contributed by atoms with Crippen molar-refractivity contribution in [2.45, 2.75) is 77.4 Å². The van der Waals surface area contributed by atoms with Crippen LogP contribution in [-0.2, 0) is 4.74 Å². The summed E-state index contributed by atoms with van der Waals surface area (Å²) < 4.78 is 27.4. The number of fused-ring (bicyclic) bond motifs is 2. The second-order valence-electron chi connectivity index (χ2n) is 11.2. The van der Waals surface area contributed by atoms with E-state index < -0.39 is 11.4 Å². The van der Waals surface area contributed by atoms with Crippen LogP contribution >= 0.6 is 27.5 Å². The average Bonchev–Trinajstić information content (AvgIpc) is 3.42. The number of carbonyl (C=O) groups is 1. The van der Waals surface area contributed by atoms with Crippen LogP contribution in [0.2, 0.25) is 5.02 Å². The van der Waals surface area contributed by atoms with Crippen molar-refractivity contribution in [2.75, 3.05) is 44.6 Å². The molecular formula is C27H38BrClFN5O3. The molecule has 11 heteroatoms. The summed E-state index contributed by atoms with van der Waals surface area (Å²) in [4.78, 5) is 26.0. The zero-order valence-corrected chi connectivity index (χ0v) is 25.1. The van der Waals surface area contributed by atoms with E-state index in [9.17, 15) is 4.79 Å². The monoisotopic (exact) mass is 613 g/mol. The number of hydrogen-bond donors (Lipinski definition) is 1. The summed E-state index contributed by atoms with van der Waals surface area (Å²) in [6.45, 7) is 11.6. The normalized spacial score (nSPS) is 17.0. The molecule has 0 atom stereocenters. The molecule has 0 unspecified atom stereocenters. The minimum absolute atomic E-state index is 0.00651. The summed E-state index contributed by atoms with van der Waals surface area (Å²) in [5.74, 6) is -0.209. The maximum absolute atomic E-state index is 15.1. The Kier molecular flexibility index (Phi) is 9.25. The van der Waals surface area contributed by atoms with Gasteiger partial charge in [0.15, 0.2) is 5.82 Å². The van der Waals surface area contributed by atoms with Crippen LogP contribution in [0.5, 0.6) is 6.01 Å². The van der Waals surface area contributed by atoms with Gasteiger partial charge in [0.1, 0.15) is 23.5 Å². The highest BCUT2D eigenvalue weighted by Crippen LogP contribution is 2.40. The topological polar surface area (TPSA) is 79.8 Å². The van der Waals surface area contributed by atoms with Gasteiger partial charge in [-0.05, 0) is 88.0 Å². The molecule has 2 fully saturated rings. The van der Waals surface area contributed by atoms with Gasteiger partial charge in [0.2, 0.25) is 0 Å². The molecule has 210 valence electrons. The molecule has 2 aromatic rings. The lowest BCUT2D eigenvalue weighted by molar-refractivity contribution is 0.0255. The lowest BCUT2D eigenvalue weighted by atomic mass is 9.95. The Morgan fingerprint density at radius 3 is 2.63 bits per heavy atom. The van der Waals surface area contributed by atoms with Crippen molar-refractivity contribution in [3.8, 4) is 6.01 Å². The predicted molar refractivity (Wildman–Crippen MR) is 152 cm³/mol. The van der Waals surface area contributed by atoms with E-state index in [-0.39, 0.29) is 28.2 Å². The fourth-order valence-corrected chi connectivity index (χ4v) is 6.25. The molecule has 0 bridgehead atoms. The van der Waals surface area contributed by atoms with Crippen LogP contribution in [0.15, 0.2) is 10.5 Å². The van der Waals surface area contributed by atoms with Crippen LogP contribution in [-0.4, -0.2) is 76.3 Å². The number of halogens is 3. The largest absolute Gasteiger partial charge is 0.461 e. The van der Waals surface area contributed by atoms with Gasteiger partial charge in [0.05, 0.1) is 15.9 Å². The lowest BCUT2D eigenvalue weighted by Gasteiger charge is -2.31. The van der Waals surface area contributed by atoms with E-state index in [0.29, 0.717) is 41.9 Å². The van der Waals surface area contributed by atoms with Crippen LogP contribution in [0, 0.1) is 5.82 Å². The Morgan fingerprint density at radius 1 is 1.26 bits per heavy atom. The first-order valence-electron chi connectivity index (χ1n) is 13.5. The second-order valence-corrected chi connectivity index (χ2v) is 12.4. The SMILES string of the molecule is CCCCN(CCNc1nc(OCC23CCCN2CCC3)nc2c(F)c(Cl)cc(Br)c12)C(=O)OC(C)(C)C. The van der Waals surface area contributed by atoms with Gasteiger partial charge < -0.3 is 19.7 Å². The van der Waals surface area contributed by atoms with Gasteiger partial charge in [-0.1, -0.05) is 24.9 Å². The third-order valence-corrected chi connectivity index (χ3v) is 8.09. The number of amides is 1. The van der Waals surface area contributed by atoms with Crippen molar-refractivity contribution in [2.24, 2.45) is 0 Å². The summed E-state index contributed by atoms with van der Waals surface area (Å²) in [6.07, 6.45) is 5.92. The van der Waals surface area contributed by atoms with Crippen molar-refractivity contribution in [1.82, 2.24) is 19.8 Å². The average molecular weight is 615 g/mol. The molecule has 0 saturated carbocycles. The highest BCUT2D eigenvalue weighted by Gasteiger charge is 2.45. The first-order chi connectivity index (χ1) is 18.0. The van der Waals surface area contributed by atoms with Crippen molar-refractivity contribution in [3.05, 3.63) is 21.4 Å². The molecule has 3 heterocycles. The highest BCUT2D eigenvalue weighted by atomic mass is 79.9. The Morgan fingerprint density at radius 2 is 1.97 bits per heavy atom. The number of rotatable bonds is 10. The standard InChI is InChI=1S/C27H38BrClFN5O3/c1-5-6-12-34(25(36)38-26(2,3)4)15-11-31-23-20-18(28)16-19(29)21(30)22(20)32-24(33-23)37-17-27-9-7-13-35(27)14-8-10-27/h16H,5-15,17H2,1-4H3,(H,31,32,33). The Balaban J connectivity index is 1.55. The van der Waals surface area contributed by atoms with E-state index in [4.69, 9.17) is 21.1 Å². The molecule has 1 amide bonds. The summed E-state index contributed by atoms with van der Waals surface area (Å²) in [5.41, 5.74) is -0.495. The van der Waals surface area contributed by atoms with Gasteiger partial charge >= 0.3 is 12.1 Å². The number of nitrogens with zero attached hydrogens (tertiary/aromatic N) is 4. The van der Waals surface area contributed by atoms with E-state index in [0.717, 1.165) is 51.6 Å². The third-order valence-electron chi connectivity index (χ3n) is 7.19. The Hall–Kier alpha value is -1.91. The summed E-state index contributed by atoms with van der Waals surface area (Å²) in [7, 11) is 0. The quantitative estimate of drug-likeness (QED) is 0.301. The molecule has 38 heavy (non-hydrogen) atoms. The molecule has 4 rings (SSSR count). The van der Waals surface area contributed by atoms with Gasteiger partial charge in [-0.3, -0.25) is 4.90 Å². The highest BCUT2D eigenvalue weighted by molar-refractivity contribution is 9.10. The molecule has 0 radical (unpaired) electrons. The minimum atomic E-state index is -0.625. The van der Waals surface area contributed by atoms with Crippen molar-refractivity contribution >= 4 is 50.3 Å². The van der Waals surface area contributed by atoms with Crippen molar-refractivity contribution in [1.29, 1.82) is 0 Å². The number of anilines is 1. The number of hydrogen-bond acceptors (Lipinski definition) is 7. The fourth-order valence-electron chi connectivity index (χ4n) is 5.32. The fraction of sp³-hybridized carbons (Fsp3) is 0.667. The maximum atomic E-state index is 15.1. The molecule has 8 nitrogen and oxygen atoms in total. The molecule has 2 aliphatic heterocycles. The summed E-state index contributed by atoms with van der Waals surface area (Å²) in [5, 5.41) is 3.72. The molecule has 1 aromatic carbocycles. The Bertz CT molecular complexity index is 1150. The Labute approximate surface area is 237 Å². The predicted octanol–water partition coefficient (Wildman–Crippen LogP) is 6.64. The first-order valence-corrected chi connectivity index (χ1v) is 14.6. The minimum Gasteiger partial charge on any atom is -0.461 e. The van der Waals surface area contributed by atoms with Gasteiger partial charge in [0.25, 0.3) is 0 Å². The van der Waals surface area contributed by atoms with Crippen LogP contribution in [0.4, 0.5) is 15.0 Å². The van der Waals surface area contributed by atoms with E-state index in [1.807, 2.05) is 20.8 Å². The molecule has 2 saturated heterocycles. The number of aromatic nitrogens is 2. The van der Waals surface area contributed by atoms with Gasteiger partial charge in [-0.15, -0.1) is 0 Å². The lowest BCUT2D eigenvalue weighted by Crippen LogP contribution is -2.43. The first kappa shape index (κ1) is 29.1. The molecule has 1 N–H and O–H groups in total. The van der Waals surface area contributed by atoms with Crippen LogP contribution in [0.1, 0.15) is 66.2 Å². The van der Waals surface area contributed by atoms with E-state index in [1.54, 1.807) is 4.90 Å². The zero-order chi connectivity index (χ0) is 27.5. The smallest absolute Gasteiger partial charge is 0.410 e. The summed E-state index contributed by atoms with van der Waals surface area (Å²) in [6, 6.07) is 1.60. The number of benzene rings is 1. The van der Waals surface area contributed by atoms with Gasteiger partial charge in [-0.2, -0.15) is 9.97 Å². The van der Waals surface area contributed by atoms with Crippen molar-refractivity contribution in [3.63, 3.8) is 0 Å². The number of ether oxygens (including phenoxy) is 2. The maximum Gasteiger partial charge on any atom is 0.410 e. The van der Waals surface area contributed by atoms with Crippen molar-refractivity contribution < 1.29 is 18.7 Å². The molecule has 0 spiro atoms. The zero-order valence-electron chi connectivity index (χ0n) is 22.7. The van der Waals surface area contributed by atoms with Crippen LogP contribution in [0.3, 0.4) is 0 Å². The van der Waals surface area contributed by atoms with Crippen LogP contribution < -0.4 is 10.1 Å². The molecule has 1 aromatic heterocycles. The second kappa shape index (κ2) is 12.1. The number of unbranched alkanes of at least 4 members (excludes halogenated alkanes) is 1. The molecular weight excluding hydrogens is 577 g/mol. The molecule has 0 aliphatic carbocycles. The van der Waals surface area contributed by atoms with E-state index in [1.165, 1.54) is 6.07 Å². The van der Waals surface area contributed by atoms with Gasteiger partial charge in [0, 0.05) is 24.1 Å². The third kappa shape index (κ3) is 6.62. The van der Waals surface area contributed by atoms with Gasteiger partial charge in [-0.25, -0.2) is 9.18 Å². The van der Waals surface area contributed by atoms with Crippen LogP contribution in [0.25, 0.3) is 10.9 Å². The van der Waals surface area contributed by atoms with E-state index >= 15 is 4.39 Å². The number of carbonyl (C=O) groups excluding carboxylic acids is 1. The van der Waals surface area contributed by atoms with E-state index in [2.05, 4.69) is 43.0 Å². The molecule has 2 aliphatic rings.